The van der Waals surface area contributed by atoms with Gasteiger partial charge in [-0.25, -0.2) is 8.78 Å². The lowest BCUT2D eigenvalue weighted by Crippen LogP contribution is -1.88. The summed E-state index contributed by atoms with van der Waals surface area (Å²) in [5.74, 6) is -1.89. The van der Waals surface area contributed by atoms with E-state index in [1.807, 2.05) is 6.07 Å². The molecule has 2 rings (SSSR count). The first-order valence-corrected chi connectivity index (χ1v) is 4.91. The number of benzene rings is 1. The Labute approximate surface area is 96.8 Å². The van der Waals surface area contributed by atoms with Crippen molar-refractivity contribution in [2.24, 2.45) is 0 Å². The molecular weight excluding hydrogens is 222 g/mol. The molecule has 2 aromatic rings. The van der Waals surface area contributed by atoms with E-state index < -0.39 is 11.6 Å². The zero-order valence-corrected chi connectivity index (χ0v) is 8.74. The van der Waals surface area contributed by atoms with Crippen molar-refractivity contribution in [2.45, 2.75) is 0 Å². The molecule has 1 aromatic carbocycles. The summed E-state index contributed by atoms with van der Waals surface area (Å²) in [6.45, 7) is 0. The Balaban J connectivity index is 2.43. The minimum absolute atomic E-state index is 0.270. The minimum Gasteiger partial charge on any atom is -0.362 e. The van der Waals surface area contributed by atoms with Crippen LogP contribution in [0.5, 0.6) is 0 Å². The molecule has 0 amide bonds. The van der Waals surface area contributed by atoms with Crippen LogP contribution in [0.1, 0.15) is 11.3 Å². The Bertz CT molecular complexity index is 592. The third-order valence-corrected chi connectivity index (χ3v) is 2.27. The minimum atomic E-state index is -0.963. The Kier molecular flexibility index (Phi) is 3.01. The second-order valence-electron chi connectivity index (χ2n) is 3.42. The van der Waals surface area contributed by atoms with Crippen LogP contribution in [0, 0.1) is 23.0 Å². The maximum absolute atomic E-state index is 13.0. The molecule has 0 aliphatic carbocycles. The van der Waals surface area contributed by atoms with E-state index in [9.17, 15) is 8.78 Å². The summed E-state index contributed by atoms with van der Waals surface area (Å²) in [7, 11) is 0. The first kappa shape index (κ1) is 11.1. The van der Waals surface area contributed by atoms with Crippen LogP contribution in [0.4, 0.5) is 8.78 Å². The van der Waals surface area contributed by atoms with Gasteiger partial charge < -0.3 is 4.98 Å². The molecule has 0 unspecified atom stereocenters. The third-order valence-electron chi connectivity index (χ3n) is 2.27. The molecule has 0 saturated heterocycles. The lowest BCUT2D eigenvalue weighted by molar-refractivity contribution is 0.508. The van der Waals surface area contributed by atoms with Gasteiger partial charge in [0.25, 0.3) is 0 Å². The summed E-state index contributed by atoms with van der Waals surface area (Å²) >= 11 is 0. The molecule has 1 aromatic heterocycles. The number of nitrogens with one attached hydrogen (secondary N) is 1. The van der Waals surface area contributed by atoms with Gasteiger partial charge in [-0.05, 0) is 35.9 Å². The van der Waals surface area contributed by atoms with Gasteiger partial charge in [-0.2, -0.15) is 5.26 Å². The number of aromatic amines is 1. The van der Waals surface area contributed by atoms with E-state index in [0.717, 1.165) is 17.8 Å². The Morgan fingerprint density at radius 3 is 2.65 bits per heavy atom. The molecule has 1 N–H and O–H groups in total. The number of H-pyrrole nitrogens is 1. The van der Waals surface area contributed by atoms with Crippen LogP contribution in [0.2, 0.25) is 0 Å². The molecule has 0 bridgehead atoms. The van der Waals surface area contributed by atoms with Gasteiger partial charge in [-0.3, -0.25) is 0 Å². The first-order chi connectivity index (χ1) is 8.20. The van der Waals surface area contributed by atoms with Crippen molar-refractivity contribution in [3.8, 4) is 6.07 Å². The van der Waals surface area contributed by atoms with Gasteiger partial charge in [0.1, 0.15) is 0 Å². The first-order valence-electron chi connectivity index (χ1n) is 4.91. The summed E-state index contributed by atoms with van der Waals surface area (Å²) in [5.41, 5.74) is 1.35. The fraction of sp³-hybridized carbons (Fsp3) is 0. The fourth-order valence-corrected chi connectivity index (χ4v) is 1.43. The van der Waals surface area contributed by atoms with Crippen LogP contribution >= 0.6 is 0 Å². The fourth-order valence-electron chi connectivity index (χ4n) is 1.43. The summed E-state index contributed by atoms with van der Waals surface area (Å²) in [6, 6.07) is 8.90. The summed E-state index contributed by atoms with van der Waals surface area (Å²) < 4.78 is 25.8. The Morgan fingerprint density at radius 2 is 2.06 bits per heavy atom. The van der Waals surface area contributed by atoms with Crippen molar-refractivity contribution in [2.75, 3.05) is 0 Å². The van der Waals surface area contributed by atoms with Gasteiger partial charge >= 0.3 is 0 Å². The number of hydrogen-bond acceptors (Lipinski definition) is 1. The summed E-state index contributed by atoms with van der Waals surface area (Å²) in [4.78, 5) is 2.90. The highest BCUT2D eigenvalue weighted by atomic mass is 19.2. The zero-order valence-electron chi connectivity index (χ0n) is 8.74. The molecule has 0 atom stereocenters. The zero-order chi connectivity index (χ0) is 12.3. The summed E-state index contributed by atoms with van der Waals surface area (Å²) in [5, 5.41) is 8.99. The average molecular weight is 230 g/mol. The van der Waals surface area contributed by atoms with E-state index in [4.69, 9.17) is 5.26 Å². The normalized spacial score (nSPS) is 11.2. The standard InChI is InChI=1S/C13H8F2N2/c14-12-4-3-9(7-13(12)15)10(8-16)6-11-2-1-5-17-11/h1-7,17H/b10-6+. The molecule has 17 heavy (non-hydrogen) atoms. The highest BCUT2D eigenvalue weighted by Gasteiger charge is 2.06. The van der Waals surface area contributed by atoms with E-state index in [1.165, 1.54) is 6.07 Å². The molecule has 0 saturated carbocycles. The largest absolute Gasteiger partial charge is 0.362 e. The summed E-state index contributed by atoms with van der Waals surface area (Å²) in [6.07, 6.45) is 3.29. The molecule has 0 aliphatic rings. The van der Waals surface area contributed by atoms with Crippen molar-refractivity contribution < 1.29 is 8.78 Å². The molecule has 0 fully saturated rings. The topological polar surface area (TPSA) is 39.6 Å². The molecule has 4 heteroatoms. The lowest BCUT2D eigenvalue weighted by Gasteiger charge is -1.99. The number of hydrogen-bond donors (Lipinski definition) is 1. The quantitative estimate of drug-likeness (QED) is 0.789. The van der Waals surface area contributed by atoms with Crippen molar-refractivity contribution >= 4 is 11.6 Å². The number of nitrogens with zero attached hydrogens (tertiary/aromatic N) is 1. The number of nitriles is 1. The van der Waals surface area contributed by atoms with Crippen molar-refractivity contribution in [3.05, 3.63) is 59.4 Å². The van der Waals surface area contributed by atoms with E-state index in [-0.39, 0.29) is 5.57 Å². The monoisotopic (exact) mass is 230 g/mol. The van der Waals surface area contributed by atoms with Crippen molar-refractivity contribution in [3.63, 3.8) is 0 Å². The molecule has 1 heterocycles. The van der Waals surface area contributed by atoms with Gasteiger partial charge in [0.05, 0.1) is 11.6 Å². The second-order valence-corrected chi connectivity index (χ2v) is 3.42. The number of rotatable bonds is 2. The molecule has 84 valence electrons. The maximum Gasteiger partial charge on any atom is 0.159 e. The van der Waals surface area contributed by atoms with Crippen molar-refractivity contribution in [1.82, 2.24) is 4.98 Å². The number of halogens is 2. The predicted octanol–water partition coefficient (Wildman–Crippen LogP) is 3.36. The smallest absolute Gasteiger partial charge is 0.159 e. The Morgan fingerprint density at radius 1 is 1.24 bits per heavy atom. The van der Waals surface area contributed by atoms with Crippen LogP contribution < -0.4 is 0 Å². The highest BCUT2D eigenvalue weighted by Crippen LogP contribution is 2.19. The van der Waals surface area contributed by atoms with E-state index >= 15 is 0 Å². The number of aromatic nitrogens is 1. The van der Waals surface area contributed by atoms with Crippen LogP contribution in [-0.4, -0.2) is 4.98 Å². The van der Waals surface area contributed by atoms with Gasteiger partial charge in [-0.1, -0.05) is 6.07 Å². The number of allylic oxidation sites excluding steroid dienone is 1. The van der Waals surface area contributed by atoms with Crippen LogP contribution in [-0.2, 0) is 0 Å². The molecule has 0 radical (unpaired) electrons. The lowest BCUT2D eigenvalue weighted by atomic mass is 10.1. The SMILES string of the molecule is N#C/C(=C\c1ccc[nH]1)c1ccc(F)c(F)c1. The highest BCUT2D eigenvalue weighted by molar-refractivity contribution is 5.88. The third kappa shape index (κ3) is 2.40. The average Bonchev–Trinajstić information content (AvgIpc) is 2.82. The van der Waals surface area contributed by atoms with E-state index in [2.05, 4.69) is 4.98 Å². The van der Waals surface area contributed by atoms with Gasteiger partial charge in [-0.15, -0.1) is 0 Å². The molecule has 0 spiro atoms. The molecule has 0 aliphatic heterocycles. The molecule has 2 nitrogen and oxygen atoms in total. The van der Waals surface area contributed by atoms with E-state index in [0.29, 0.717) is 5.56 Å². The predicted molar refractivity (Wildman–Crippen MR) is 60.6 cm³/mol. The van der Waals surface area contributed by atoms with Crippen LogP contribution in [0.25, 0.3) is 11.6 Å². The van der Waals surface area contributed by atoms with Crippen LogP contribution in [0.3, 0.4) is 0 Å². The molecular formula is C13H8F2N2. The Hall–Kier alpha value is -2.41. The van der Waals surface area contributed by atoms with Gasteiger partial charge in [0.15, 0.2) is 11.6 Å². The van der Waals surface area contributed by atoms with E-state index in [1.54, 1.807) is 24.4 Å². The second kappa shape index (κ2) is 4.62. The maximum atomic E-state index is 13.0. The van der Waals surface area contributed by atoms with Crippen LogP contribution in [0.15, 0.2) is 36.5 Å². The van der Waals surface area contributed by atoms with Gasteiger partial charge in [0.2, 0.25) is 0 Å². The van der Waals surface area contributed by atoms with Crippen molar-refractivity contribution in [1.29, 1.82) is 5.26 Å². The van der Waals surface area contributed by atoms with Gasteiger partial charge in [0, 0.05) is 11.9 Å².